The van der Waals surface area contributed by atoms with Gasteiger partial charge in [-0.05, 0) is 25.5 Å². The molecule has 6 nitrogen and oxygen atoms in total. The van der Waals surface area contributed by atoms with Crippen LogP contribution in [-0.2, 0) is 14.3 Å². The van der Waals surface area contributed by atoms with Gasteiger partial charge in [0.05, 0.1) is 5.75 Å². The Hall–Kier alpha value is -2.02. The van der Waals surface area contributed by atoms with Crippen molar-refractivity contribution in [2.45, 2.75) is 24.8 Å². The third-order valence-electron chi connectivity index (χ3n) is 2.36. The van der Waals surface area contributed by atoms with Crippen LogP contribution < -0.4 is 11.1 Å². The minimum absolute atomic E-state index is 0.0824. The summed E-state index contributed by atoms with van der Waals surface area (Å²) in [5.74, 6) is -1.20. The summed E-state index contributed by atoms with van der Waals surface area (Å²) in [7, 11) is 0. The Kier molecular flexibility index (Phi) is 6.05. The molecule has 7 heteroatoms. The third-order valence-corrected chi connectivity index (χ3v) is 3.51. The summed E-state index contributed by atoms with van der Waals surface area (Å²) >= 11 is 1.32. The molecule has 0 saturated heterocycles. The highest BCUT2D eigenvalue weighted by Gasteiger charge is 2.19. The van der Waals surface area contributed by atoms with Gasteiger partial charge in [0.15, 0.2) is 6.10 Å². The molecule has 0 fully saturated rings. The van der Waals surface area contributed by atoms with Crippen LogP contribution in [0.4, 0.5) is 4.79 Å². The molecule has 0 unspecified atom stereocenters. The van der Waals surface area contributed by atoms with E-state index in [2.05, 4.69) is 0 Å². The number of nitrogens with one attached hydrogen (secondary N) is 1. The number of rotatable bonds is 5. The molecule has 0 aliphatic carbocycles. The number of benzene rings is 1. The van der Waals surface area contributed by atoms with Crippen molar-refractivity contribution in [2.75, 3.05) is 5.75 Å². The van der Waals surface area contributed by atoms with E-state index in [1.54, 1.807) is 0 Å². The number of aryl methyl sites for hydroxylation is 1. The van der Waals surface area contributed by atoms with E-state index >= 15 is 0 Å². The number of amides is 3. The van der Waals surface area contributed by atoms with Crippen molar-refractivity contribution in [1.82, 2.24) is 5.32 Å². The summed E-state index contributed by atoms with van der Waals surface area (Å²) in [5.41, 5.74) is 5.86. The number of carbonyl (C=O) groups is 3. The number of ether oxygens (including phenoxy) is 1. The number of urea groups is 1. The van der Waals surface area contributed by atoms with Crippen molar-refractivity contribution in [1.29, 1.82) is 0 Å². The van der Waals surface area contributed by atoms with Gasteiger partial charge in [0.25, 0.3) is 5.91 Å². The second kappa shape index (κ2) is 7.54. The van der Waals surface area contributed by atoms with Crippen molar-refractivity contribution in [2.24, 2.45) is 5.73 Å². The first-order chi connectivity index (χ1) is 9.40. The van der Waals surface area contributed by atoms with Crippen LogP contribution in [0.15, 0.2) is 29.2 Å². The fraction of sp³-hybridized carbons (Fsp3) is 0.308. The fourth-order valence-corrected chi connectivity index (χ4v) is 2.17. The fourth-order valence-electron chi connectivity index (χ4n) is 1.36. The Morgan fingerprint density at radius 1 is 1.35 bits per heavy atom. The lowest BCUT2D eigenvalue weighted by atomic mass is 10.2. The number of primary amides is 1. The van der Waals surface area contributed by atoms with E-state index in [4.69, 9.17) is 10.5 Å². The molecule has 0 bridgehead atoms. The first-order valence-electron chi connectivity index (χ1n) is 5.88. The molecular weight excluding hydrogens is 280 g/mol. The van der Waals surface area contributed by atoms with Crippen LogP contribution in [0.5, 0.6) is 0 Å². The first-order valence-corrected chi connectivity index (χ1v) is 6.87. The van der Waals surface area contributed by atoms with Crippen molar-refractivity contribution < 1.29 is 19.1 Å². The standard InChI is InChI=1S/C13H16N2O4S/c1-8-5-3-4-6-10(8)20-7-11(16)19-9(2)12(17)15-13(14)18/h3-6,9H,7H2,1-2H3,(H3,14,15,17,18)/t9-/m0/s1. The van der Waals surface area contributed by atoms with Gasteiger partial charge in [-0.25, -0.2) is 4.79 Å². The Morgan fingerprint density at radius 2 is 2.00 bits per heavy atom. The second-order valence-electron chi connectivity index (χ2n) is 4.04. The van der Waals surface area contributed by atoms with Gasteiger partial charge in [-0.15, -0.1) is 11.8 Å². The molecular formula is C13H16N2O4S. The minimum Gasteiger partial charge on any atom is -0.452 e. The van der Waals surface area contributed by atoms with Crippen molar-refractivity contribution in [3.8, 4) is 0 Å². The highest BCUT2D eigenvalue weighted by Crippen LogP contribution is 2.21. The maximum atomic E-state index is 11.6. The maximum absolute atomic E-state index is 11.6. The Labute approximate surface area is 121 Å². The summed E-state index contributed by atoms with van der Waals surface area (Å²) in [6.07, 6.45) is -1.06. The van der Waals surface area contributed by atoms with Gasteiger partial charge in [0, 0.05) is 4.90 Å². The van der Waals surface area contributed by atoms with E-state index in [0.717, 1.165) is 10.5 Å². The molecule has 3 N–H and O–H groups in total. The van der Waals surface area contributed by atoms with E-state index in [9.17, 15) is 14.4 Å². The number of imide groups is 1. The second-order valence-corrected chi connectivity index (χ2v) is 5.06. The lowest BCUT2D eigenvalue weighted by Crippen LogP contribution is -2.42. The zero-order valence-corrected chi connectivity index (χ0v) is 12.0. The Bertz CT molecular complexity index is 519. The molecule has 0 aliphatic rings. The lowest BCUT2D eigenvalue weighted by Gasteiger charge is -2.12. The minimum atomic E-state index is -1.06. The van der Waals surface area contributed by atoms with E-state index < -0.39 is 24.0 Å². The third kappa shape index (κ3) is 5.31. The zero-order valence-electron chi connectivity index (χ0n) is 11.2. The quantitative estimate of drug-likeness (QED) is 0.628. The monoisotopic (exact) mass is 296 g/mol. The molecule has 0 radical (unpaired) electrons. The molecule has 0 aromatic heterocycles. The average Bonchev–Trinajstić information content (AvgIpc) is 2.37. The van der Waals surface area contributed by atoms with Crippen LogP contribution in [0.25, 0.3) is 0 Å². The molecule has 1 rings (SSSR count). The van der Waals surface area contributed by atoms with Gasteiger partial charge in [0.2, 0.25) is 0 Å². The molecule has 3 amide bonds. The summed E-state index contributed by atoms with van der Waals surface area (Å²) < 4.78 is 4.90. The smallest absolute Gasteiger partial charge is 0.318 e. The molecule has 108 valence electrons. The van der Waals surface area contributed by atoms with Crippen molar-refractivity contribution in [3.05, 3.63) is 29.8 Å². The lowest BCUT2D eigenvalue weighted by molar-refractivity contribution is -0.151. The average molecular weight is 296 g/mol. The van der Waals surface area contributed by atoms with Crippen LogP contribution in [0.1, 0.15) is 12.5 Å². The molecule has 0 heterocycles. The molecule has 0 aliphatic heterocycles. The molecule has 0 spiro atoms. The van der Waals surface area contributed by atoms with Crippen molar-refractivity contribution in [3.63, 3.8) is 0 Å². The van der Waals surface area contributed by atoms with Crippen LogP contribution in [0, 0.1) is 6.92 Å². The van der Waals surface area contributed by atoms with Gasteiger partial charge < -0.3 is 10.5 Å². The molecule has 1 aromatic rings. The predicted octanol–water partition coefficient (Wildman–Crippen LogP) is 1.21. The molecule has 1 atom stereocenters. The summed E-state index contributed by atoms with van der Waals surface area (Å²) in [4.78, 5) is 34.4. The van der Waals surface area contributed by atoms with Crippen LogP contribution in [0.3, 0.4) is 0 Å². The topological polar surface area (TPSA) is 98.5 Å². The van der Waals surface area contributed by atoms with Gasteiger partial charge in [-0.1, -0.05) is 18.2 Å². The number of thioether (sulfide) groups is 1. The molecule has 20 heavy (non-hydrogen) atoms. The van der Waals surface area contributed by atoms with E-state index in [0.29, 0.717) is 0 Å². The van der Waals surface area contributed by atoms with Gasteiger partial charge in [-0.2, -0.15) is 0 Å². The highest BCUT2D eigenvalue weighted by molar-refractivity contribution is 8.00. The summed E-state index contributed by atoms with van der Waals surface area (Å²) in [6.45, 7) is 3.31. The Balaban J connectivity index is 2.42. The van der Waals surface area contributed by atoms with Crippen LogP contribution in [0.2, 0.25) is 0 Å². The van der Waals surface area contributed by atoms with Gasteiger partial charge in [0.1, 0.15) is 0 Å². The predicted molar refractivity (Wildman–Crippen MR) is 75.2 cm³/mol. The summed E-state index contributed by atoms with van der Waals surface area (Å²) in [6, 6.07) is 6.65. The SMILES string of the molecule is Cc1ccccc1SCC(=O)O[C@@H](C)C(=O)NC(N)=O. The summed E-state index contributed by atoms with van der Waals surface area (Å²) in [5, 5.41) is 1.85. The number of esters is 1. The molecule has 1 aromatic carbocycles. The van der Waals surface area contributed by atoms with E-state index in [-0.39, 0.29) is 5.75 Å². The van der Waals surface area contributed by atoms with Gasteiger partial charge >= 0.3 is 12.0 Å². The normalized spacial score (nSPS) is 11.5. The Morgan fingerprint density at radius 3 is 2.60 bits per heavy atom. The number of hydrogen-bond donors (Lipinski definition) is 2. The first kappa shape index (κ1) is 16.0. The van der Waals surface area contributed by atoms with E-state index in [1.807, 2.05) is 36.5 Å². The van der Waals surface area contributed by atoms with Crippen molar-refractivity contribution >= 4 is 29.7 Å². The number of nitrogens with two attached hydrogens (primary N) is 1. The largest absolute Gasteiger partial charge is 0.452 e. The molecule has 0 saturated carbocycles. The van der Waals surface area contributed by atoms with Crippen LogP contribution in [-0.4, -0.2) is 29.8 Å². The van der Waals surface area contributed by atoms with E-state index in [1.165, 1.54) is 18.7 Å². The van der Waals surface area contributed by atoms with Gasteiger partial charge in [-0.3, -0.25) is 14.9 Å². The van der Waals surface area contributed by atoms with Crippen LogP contribution >= 0.6 is 11.8 Å². The maximum Gasteiger partial charge on any atom is 0.318 e. The zero-order chi connectivity index (χ0) is 15.1. The number of carbonyl (C=O) groups excluding carboxylic acids is 3. The highest BCUT2D eigenvalue weighted by atomic mass is 32.2. The number of hydrogen-bond acceptors (Lipinski definition) is 5.